The van der Waals surface area contributed by atoms with E-state index in [0.29, 0.717) is 0 Å². The molecule has 0 aliphatic heterocycles. The Morgan fingerprint density at radius 1 is 1.31 bits per heavy atom. The summed E-state index contributed by atoms with van der Waals surface area (Å²) in [6, 6.07) is 6.58. The van der Waals surface area contributed by atoms with Crippen LogP contribution in [0.15, 0.2) is 22.7 Å². The first-order valence-corrected chi connectivity index (χ1v) is 6.31. The summed E-state index contributed by atoms with van der Waals surface area (Å²) in [6.45, 7) is 6.60. The fourth-order valence-corrected chi connectivity index (χ4v) is 1.83. The molecular formula is C11H15BrS. The minimum Gasteiger partial charge on any atom is -0.154 e. The summed E-state index contributed by atoms with van der Waals surface area (Å²) in [4.78, 5) is 0. The molecule has 13 heavy (non-hydrogen) atoms. The zero-order valence-corrected chi connectivity index (χ0v) is 10.9. The van der Waals surface area contributed by atoms with Crippen LogP contribution in [-0.4, -0.2) is 6.26 Å². The van der Waals surface area contributed by atoms with Crippen molar-refractivity contribution in [2.75, 3.05) is 6.26 Å². The summed E-state index contributed by atoms with van der Waals surface area (Å²) in [7, 11) is 0. The third-order valence-corrected chi connectivity index (χ3v) is 4.49. The van der Waals surface area contributed by atoms with Gasteiger partial charge in [0.15, 0.2) is 0 Å². The van der Waals surface area contributed by atoms with Crippen LogP contribution in [0, 0.1) is 6.92 Å². The zero-order valence-electron chi connectivity index (χ0n) is 8.52. The Balaban J connectivity index is 3.10. The number of hydrogen-bond acceptors (Lipinski definition) is 1. The second kappa shape index (κ2) is 4.05. The fourth-order valence-electron chi connectivity index (χ4n) is 1.09. The van der Waals surface area contributed by atoms with Crippen LogP contribution in [0.5, 0.6) is 0 Å². The molecule has 0 nitrogen and oxygen atoms in total. The topological polar surface area (TPSA) is 0 Å². The molecule has 0 spiro atoms. The average molecular weight is 259 g/mol. The van der Waals surface area contributed by atoms with E-state index >= 15 is 0 Å². The van der Waals surface area contributed by atoms with Crippen molar-refractivity contribution in [1.82, 2.24) is 0 Å². The maximum Gasteiger partial charge on any atom is 0.0349 e. The minimum atomic E-state index is 0.205. The van der Waals surface area contributed by atoms with E-state index in [2.05, 4.69) is 61.2 Å². The van der Waals surface area contributed by atoms with Crippen molar-refractivity contribution in [3.05, 3.63) is 33.8 Å². The highest BCUT2D eigenvalue weighted by atomic mass is 79.9. The van der Waals surface area contributed by atoms with Gasteiger partial charge in [0.05, 0.1) is 0 Å². The highest BCUT2D eigenvalue weighted by Crippen LogP contribution is 2.35. The fraction of sp³-hybridized carbons (Fsp3) is 0.455. The number of aryl methyl sites for hydroxylation is 1. The van der Waals surface area contributed by atoms with Crippen molar-refractivity contribution in [3.63, 3.8) is 0 Å². The molecule has 72 valence electrons. The molecule has 0 aromatic heterocycles. The Kier molecular flexibility index (Phi) is 3.47. The molecule has 1 aromatic rings. The van der Waals surface area contributed by atoms with E-state index in [1.165, 1.54) is 15.6 Å². The van der Waals surface area contributed by atoms with Gasteiger partial charge in [0.2, 0.25) is 0 Å². The van der Waals surface area contributed by atoms with Crippen molar-refractivity contribution < 1.29 is 0 Å². The van der Waals surface area contributed by atoms with E-state index < -0.39 is 0 Å². The lowest BCUT2D eigenvalue weighted by Gasteiger charge is -2.23. The van der Waals surface area contributed by atoms with E-state index in [4.69, 9.17) is 0 Å². The molecule has 0 amide bonds. The molecule has 2 heteroatoms. The number of benzene rings is 1. The third kappa shape index (κ3) is 2.50. The second-order valence-corrected chi connectivity index (χ2v) is 5.96. The molecule has 0 saturated carbocycles. The summed E-state index contributed by atoms with van der Waals surface area (Å²) in [5.41, 5.74) is 2.66. The lowest BCUT2D eigenvalue weighted by molar-refractivity contribution is 0.784. The normalized spacial score (nSPS) is 11.8. The Labute approximate surface area is 93.2 Å². The summed E-state index contributed by atoms with van der Waals surface area (Å²) < 4.78 is 1.41. The molecule has 1 aromatic carbocycles. The van der Waals surface area contributed by atoms with Gasteiger partial charge in [-0.3, -0.25) is 0 Å². The van der Waals surface area contributed by atoms with Gasteiger partial charge < -0.3 is 0 Å². The molecule has 0 heterocycles. The Morgan fingerprint density at radius 3 is 2.38 bits per heavy atom. The van der Waals surface area contributed by atoms with Gasteiger partial charge in [-0.2, -0.15) is 11.8 Å². The first-order valence-electron chi connectivity index (χ1n) is 4.29. The van der Waals surface area contributed by atoms with Crippen molar-refractivity contribution in [3.8, 4) is 0 Å². The number of hydrogen-bond donors (Lipinski definition) is 0. The van der Waals surface area contributed by atoms with E-state index in [9.17, 15) is 0 Å². The molecule has 0 N–H and O–H groups in total. The maximum absolute atomic E-state index is 3.56. The number of rotatable bonds is 2. The lowest BCUT2D eigenvalue weighted by Crippen LogP contribution is -2.10. The van der Waals surface area contributed by atoms with Crippen LogP contribution in [0.3, 0.4) is 0 Å². The van der Waals surface area contributed by atoms with Crippen LogP contribution in [0.1, 0.15) is 25.0 Å². The van der Waals surface area contributed by atoms with Crippen molar-refractivity contribution in [1.29, 1.82) is 0 Å². The monoisotopic (exact) mass is 258 g/mol. The first kappa shape index (κ1) is 11.1. The second-order valence-electron chi connectivity index (χ2n) is 3.68. The van der Waals surface area contributed by atoms with Gasteiger partial charge in [-0.05, 0) is 44.2 Å². The van der Waals surface area contributed by atoms with Crippen LogP contribution in [0.2, 0.25) is 0 Å². The SMILES string of the molecule is CSC(C)(C)c1ccc(C)c(Br)c1. The predicted molar refractivity (Wildman–Crippen MR) is 65.4 cm³/mol. The van der Waals surface area contributed by atoms with Gasteiger partial charge in [0.25, 0.3) is 0 Å². The number of halogens is 1. The Morgan fingerprint density at radius 2 is 1.92 bits per heavy atom. The van der Waals surface area contributed by atoms with Gasteiger partial charge >= 0.3 is 0 Å². The van der Waals surface area contributed by atoms with Crippen LogP contribution >= 0.6 is 27.7 Å². The molecule has 0 bridgehead atoms. The van der Waals surface area contributed by atoms with Crippen molar-refractivity contribution in [2.45, 2.75) is 25.5 Å². The lowest BCUT2D eigenvalue weighted by atomic mass is 10.0. The molecule has 0 radical (unpaired) electrons. The van der Waals surface area contributed by atoms with E-state index in [0.717, 1.165) is 0 Å². The largest absolute Gasteiger partial charge is 0.154 e. The first-order chi connectivity index (χ1) is 5.97. The smallest absolute Gasteiger partial charge is 0.0349 e. The molecule has 0 unspecified atom stereocenters. The molecule has 1 rings (SSSR count). The summed E-state index contributed by atoms with van der Waals surface area (Å²) in [5, 5.41) is 0. The van der Waals surface area contributed by atoms with Crippen LogP contribution < -0.4 is 0 Å². The van der Waals surface area contributed by atoms with Crippen molar-refractivity contribution >= 4 is 27.7 Å². The molecule has 0 aliphatic carbocycles. The summed E-state index contributed by atoms with van der Waals surface area (Å²) in [6.07, 6.45) is 2.15. The third-order valence-electron chi connectivity index (χ3n) is 2.38. The van der Waals surface area contributed by atoms with Gasteiger partial charge in [-0.15, -0.1) is 0 Å². The quantitative estimate of drug-likeness (QED) is 0.760. The number of thioether (sulfide) groups is 1. The molecule has 0 saturated heterocycles. The zero-order chi connectivity index (χ0) is 10.1. The van der Waals surface area contributed by atoms with Gasteiger partial charge in [-0.1, -0.05) is 28.1 Å². The molecule has 0 atom stereocenters. The summed E-state index contributed by atoms with van der Waals surface area (Å²) >= 11 is 5.43. The van der Waals surface area contributed by atoms with Crippen molar-refractivity contribution in [2.24, 2.45) is 0 Å². The van der Waals surface area contributed by atoms with E-state index in [-0.39, 0.29) is 4.75 Å². The highest BCUT2D eigenvalue weighted by molar-refractivity contribution is 9.10. The standard InChI is InChI=1S/C11H15BrS/c1-8-5-6-9(7-10(8)12)11(2,3)13-4/h5-7H,1-4H3. The minimum absolute atomic E-state index is 0.205. The predicted octanol–water partition coefficient (Wildman–Crippen LogP) is 4.36. The van der Waals surface area contributed by atoms with E-state index in [1.807, 2.05) is 11.8 Å². The Bertz CT molecular complexity index is 305. The molecule has 0 fully saturated rings. The van der Waals surface area contributed by atoms with Gasteiger partial charge in [-0.25, -0.2) is 0 Å². The van der Waals surface area contributed by atoms with Crippen LogP contribution in [-0.2, 0) is 4.75 Å². The van der Waals surface area contributed by atoms with E-state index in [1.54, 1.807) is 0 Å². The van der Waals surface area contributed by atoms with Gasteiger partial charge in [0.1, 0.15) is 0 Å². The molecule has 0 aliphatic rings. The van der Waals surface area contributed by atoms with Crippen LogP contribution in [0.4, 0.5) is 0 Å². The van der Waals surface area contributed by atoms with Crippen LogP contribution in [0.25, 0.3) is 0 Å². The maximum atomic E-state index is 3.56. The van der Waals surface area contributed by atoms with Gasteiger partial charge in [0, 0.05) is 9.22 Å². The Hall–Kier alpha value is 0.0500. The summed E-state index contributed by atoms with van der Waals surface area (Å²) in [5.74, 6) is 0. The molecular weight excluding hydrogens is 244 g/mol. The average Bonchev–Trinajstić information content (AvgIpc) is 2.09. The highest BCUT2D eigenvalue weighted by Gasteiger charge is 2.18.